The molecule has 3 aromatic rings. The third-order valence-corrected chi connectivity index (χ3v) is 7.34. The molecule has 9 heteroatoms. The first-order valence-electron chi connectivity index (χ1n) is 10.3. The smallest absolute Gasteiger partial charge is 0.331 e. The van der Waals surface area contributed by atoms with Crippen molar-refractivity contribution in [2.75, 3.05) is 18.0 Å². The Morgan fingerprint density at radius 2 is 1.94 bits per heavy atom. The van der Waals surface area contributed by atoms with Gasteiger partial charge in [0.25, 0.3) is 0 Å². The standard InChI is InChI=1S/C22H20Cl2N4O2S/c1-25-22-26-11-18(31-22)28-9-7-14(8-10-28)29-12-15-20(27-30-21(15)13-5-6-13)19-16(23)3-2-4-17(19)24/h2-4,11,13-14H,5-10,12H2. The molecule has 2 aliphatic rings. The first-order valence-corrected chi connectivity index (χ1v) is 11.8. The molecule has 1 aromatic carbocycles. The van der Waals surface area contributed by atoms with E-state index in [4.69, 9.17) is 39.0 Å². The first kappa shape index (κ1) is 20.8. The van der Waals surface area contributed by atoms with Gasteiger partial charge in [-0.15, -0.1) is 16.3 Å². The van der Waals surface area contributed by atoms with Crippen molar-refractivity contribution in [2.24, 2.45) is 0 Å². The average molecular weight is 475 g/mol. The van der Waals surface area contributed by atoms with Crippen LogP contribution in [0.3, 0.4) is 0 Å². The van der Waals surface area contributed by atoms with Crippen LogP contribution in [0.5, 0.6) is 0 Å². The number of aromatic nitrogens is 2. The van der Waals surface area contributed by atoms with E-state index in [9.17, 15) is 0 Å². The van der Waals surface area contributed by atoms with Crippen molar-refractivity contribution < 1.29 is 9.26 Å². The maximum atomic E-state index is 7.09. The molecule has 0 N–H and O–H groups in total. The van der Waals surface area contributed by atoms with Gasteiger partial charge >= 0.3 is 5.13 Å². The van der Waals surface area contributed by atoms with Crippen molar-refractivity contribution in [3.8, 4) is 11.3 Å². The lowest BCUT2D eigenvalue weighted by Crippen LogP contribution is -2.36. The predicted octanol–water partition coefficient (Wildman–Crippen LogP) is 6.72. The summed E-state index contributed by atoms with van der Waals surface area (Å²) < 4.78 is 12.1. The Kier molecular flexibility index (Phi) is 5.89. The molecule has 5 rings (SSSR count). The summed E-state index contributed by atoms with van der Waals surface area (Å²) in [5, 5.41) is 6.98. The number of ether oxygens (including phenoxy) is 1. The first-order chi connectivity index (χ1) is 15.1. The Morgan fingerprint density at radius 1 is 1.19 bits per heavy atom. The number of hydrogen-bond acceptors (Lipinski definition) is 6. The average Bonchev–Trinajstić information content (AvgIpc) is 3.36. The molecule has 1 saturated carbocycles. The Bertz CT molecular complexity index is 1110. The summed E-state index contributed by atoms with van der Waals surface area (Å²) in [6.07, 6.45) is 5.99. The fourth-order valence-electron chi connectivity index (χ4n) is 3.95. The maximum Gasteiger partial charge on any atom is 0.331 e. The quantitative estimate of drug-likeness (QED) is 0.371. The van der Waals surface area contributed by atoms with E-state index < -0.39 is 0 Å². The van der Waals surface area contributed by atoms with Gasteiger partial charge in [-0.1, -0.05) is 41.0 Å². The van der Waals surface area contributed by atoms with Gasteiger partial charge in [0.05, 0.1) is 22.8 Å². The second-order valence-corrected chi connectivity index (χ2v) is 9.64. The van der Waals surface area contributed by atoms with Crippen molar-refractivity contribution >= 4 is 44.7 Å². The number of halogens is 2. The monoisotopic (exact) mass is 474 g/mol. The van der Waals surface area contributed by atoms with Crippen LogP contribution in [0.15, 0.2) is 28.9 Å². The number of piperidine rings is 1. The summed E-state index contributed by atoms with van der Waals surface area (Å²) in [6, 6.07) is 5.45. The highest BCUT2D eigenvalue weighted by Gasteiger charge is 2.34. The molecule has 1 aliphatic carbocycles. The van der Waals surface area contributed by atoms with Gasteiger partial charge in [0.15, 0.2) is 6.20 Å². The number of nitrogens with zero attached hydrogens (tertiary/aromatic N) is 4. The van der Waals surface area contributed by atoms with Crippen LogP contribution in [0, 0.1) is 6.57 Å². The molecule has 0 amide bonds. The van der Waals surface area contributed by atoms with E-state index in [2.05, 4.69) is 19.9 Å². The zero-order valence-corrected chi connectivity index (χ0v) is 19.0. The van der Waals surface area contributed by atoms with Crippen molar-refractivity contribution in [3.05, 3.63) is 57.2 Å². The van der Waals surface area contributed by atoms with E-state index in [0.29, 0.717) is 39.0 Å². The molecule has 2 aromatic heterocycles. The Balaban J connectivity index is 1.29. The molecule has 3 heterocycles. The van der Waals surface area contributed by atoms with Crippen molar-refractivity contribution in [1.82, 2.24) is 10.1 Å². The van der Waals surface area contributed by atoms with Crippen molar-refractivity contribution in [3.63, 3.8) is 0 Å². The van der Waals surface area contributed by atoms with E-state index in [0.717, 1.165) is 55.1 Å². The van der Waals surface area contributed by atoms with Crippen molar-refractivity contribution in [2.45, 2.75) is 44.3 Å². The molecule has 1 saturated heterocycles. The minimum absolute atomic E-state index is 0.154. The van der Waals surface area contributed by atoms with E-state index >= 15 is 0 Å². The zero-order chi connectivity index (χ0) is 21.4. The van der Waals surface area contributed by atoms with E-state index in [1.807, 2.05) is 18.2 Å². The highest BCUT2D eigenvalue weighted by molar-refractivity contribution is 7.19. The summed E-state index contributed by atoms with van der Waals surface area (Å²) in [5.74, 6) is 1.31. The van der Waals surface area contributed by atoms with Crippen LogP contribution in [0.1, 0.15) is 42.9 Å². The van der Waals surface area contributed by atoms with Gasteiger partial charge in [0.1, 0.15) is 16.5 Å². The molecule has 160 valence electrons. The molecular weight excluding hydrogens is 455 g/mol. The van der Waals surface area contributed by atoms with Gasteiger partial charge in [-0.25, -0.2) is 0 Å². The topological polar surface area (TPSA) is 55.8 Å². The Morgan fingerprint density at radius 3 is 2.58 bits per heavy atom. The van der Waals surface area contributed by atoms with Crippen LogP contribution >= 0.6 is 34.5 Å². The molecule has 31 heavy (non-hydrogen) atoms. The third-order valence-electron chi connectivity index (χ3n) is 5.76. The minimum atomic E-state index is 0.154. The molecule has 6 nitrogen and oxygen atoms in total. The molecule has 0 radical (unpaired) electrons. The van der Waals surface area contributed by atoms with E-state index in [-0.39, 0.29) is 6.10 Å². The Hall–Kier alpha value is -2.11. The number of hydrogen-bond donors (Lipinski definition) is 0. The largest absolute Gasteiger partial charge is 0.373 e. The summed E-state index contributed by atoms with van der Waals surface area (Å²) in [6.45, 7) is 9.28. The molecule has 0 bridgehead atoms. The maximum absolute atomic E-state index is 7.09. The molecule has 0 spiro atoms. The molecular formula is C22H20Cl2N4O2S. The SMILES string of the molecule is [C-]#[N+]c1ncc(N2CCC(OCc3c(-c4c(Cl)cccc4Cl)noc3C3CC3)CC2)s1. The molecule has 2 fully saturated rings. The molecule has 0 unspecified atom stereocenters. The summed E-state index contributed by atoms with van der Waals surface area (Å²) in [5.41, 5.74) is 2.35. The highest BCUT2D eigenvalue weighted by Crippen LogP contribution is 2.46. The van der Waals surface area contributed by atoms with Crippen LogP contribution in [0.25, 0.3) is 16.1 Å². The number of rotatable bonds is 6. The van der Waals surface area contributed by atoms with Crippen LogP contribution in [-0.4, -0.2) is 29.3 Å². The number of benzene rings is 1. The lowest BCUT2D eigenvalue weighted by molar-refractivity contribution is 0.0247. The zero-order valence-electron chi connectivity index (χ0n) is 16.7. The van der Waals surface area contributed by atoms with Gasteiger partial charge in [-0.2, -0.15) is 0 Å². The van der Waals surface area contributed by atoms with Gasteiger partial charge in [-0.05, 0) is 37.8 Å². The normalized spacial score (nSPS) is 17.1. The second-order valence-electron chi connectivity index (χ2n) is 7.84. The Labute approximate surface area is 194 Å². The molecule has 0 atom stereocenters. The van der Waals surface area contributed by atoms with Gasteiger partial charge in [-0.3, -0.25) is 0 Å². The number of anilines is 1. The lowest BCUT2D eigenvalue weighted by Gasteiger charge is -2.32. The fraction of sp³-hybridized carbons (Fsp3) is 0.409. The molecule has 1 aliphatic heterocycles. The highest BCUT2D eigenvalue weighted by atomic mass is 35.5. The third kappa shape index (κ3) is 4.31. The van der Waals surface area contributed by atoms with Crippen LogP contribution in [0.4, 0.5) is 10.1 Å². The predicted molar refractivity (Wildman–Crippen MR) is 122 cm³/mol. The minimum Gasteiger partial charge on any atom is -0.373 e. The van der Waals surface area contributed by atoms with Crippen LogP contribution < -0.4 is 4.90 Å². The fourth-order valence-corrected chi connectivity index (χ4v) is 5.28. The lowest BCUT2D eigenvalue weighted by atomic mass is 10.0. The summed E-state index contributed by atoms with van der Waals surface area (Å²) >= 11 is 14.3. The summed E-state index contributed by atoms with van der Waals surface area (Å²) in [7, 11) is 0. The van der Waals surface area contributed by atoms with Crippen molar-refractivity contribution in [1.29, 1.82) is 0 Å². The van der Waals surface area contributed by atoms with Gasteiger partial charge < -0.3 is 19.0 Å². The van der Waals surface area contributed by atoms with Crippen LogP contribution in [0.2, 0.25) is 10.0 Å². The van der Waals surface area contributed by atoms with E-state index in [1.54, 1.807) is 6.20 Å². The number of thiazole rings is 1. The van der Waals surface area contributed by atoms with Crippen LogP contribution in [-0.2, 0) is 11.3 Å². The van der Waals surface area contributed by atoms with E-state index in [1.165, 1.54) is 11.3 Å². The van der Waals surface area contributed by atoms with Gasteiger partial charge in [0, 0.05) is 30.1 Å². The second kappa shape index (κ2) is 8.79. The van der Waals surface area contributed by atoms with Gasteiger partial charge in [0.2, 0.25) is 0 Å². The summed E-state index contributed by atoms with van der Waals surface area (Å²) in [4.78, 5) is 9.81.